The van der Waals surface area contributed by atoms with Crippen LogP contribution >= 0.6 is 0 Å². The molecule has 104 valence electrons. The van der Waals surface area contributed by atoms with Crippen LogP contribution in [0.25, 0.3) is 0 Å². The first-order valence-corrected chi connectivity index (χ1v) is 7.49. The maximum Gasteiger partial charge on any atom is 0.317 e. The first kappa shape index (κ1) is 13.7. The standard InChI is InChI=1S/C14H26N2O2/c17-11-10-16(13-8-9-13)14(18)15-12-6-4-2-1-3-5-7-12/h12-13,17H,1-11H2,(H,15,18). The molecule has 2 amide bonds. The first-order chi connectivity index (χ1) is 8.81. The second-order valence-electron chi connectivity index (χ2n) is 5.64. The molecule has 4 nitrogen and oxygen atoms in total. The third-order valence-corrected chi connectivity index (χ3v) is 4.02. The van der Waals surface area contributed by atoms with E-state index in [1.807, 2.05) is 4.90 Å². The number of carbonyl (C=O) groups excluding carboxylic acids is 1. The molecule has 0 aromatic carbocycles. The van der Waals surface area contributed by atoms with Crippen LogP contribution in [0.4, 0.5) is 4.79 Å². The van der Waals surface area contributed by atoms with Crippen molar-refractivity contribution in [2.45, 2.75) is 69.9 Å². The number of urea groups is 1. The highest BCUT2D eigenvalue weighted by Gasteiger charge is 2.32. The Morgan fingerprint density at radius 2 is 1.67 bits per heavy atom. The Kier molecular flexibility index (Phi) is 5.29. The fourth-order valence-corrected chi connectivity index (χ4v) is 2.80. The van der Waals surface area contributed by atoms with E-state index in [2.05, 4.69) is 5.32 Å². The summed E-state index contributed by atoms with van der Waals surface area (Å²) in [5.74, 6) is 0. The topological polar surface area (TPSA) is 52.6 Å². The van der Waals surface area contributed by atoms with Crippen molar-refractivity contribution in [3.8, 4) is 0 Å². The summed E-state index contributed by atoms with van der Waals surface area (Å²) < 4.78 is 0. The fourth-order valence-electron chi connectivity index (χ4n) is 2.80. The zero-order valence-corrected chi connectivity index (χ0v) is 11.2. The van der Waals surface area contributed by atoms with Crippen LogP contribution in [0.15, 0.2) is 0 Å². The van der Waals surface area contributed by atoms with Gasteiger partial charge in [0.25, 0.3) is 0 Å². The lowest BCUT2D eigenvalue weighted by molar-refractivity contribution is 0.168. The lowest BCUT2D eigenvalue weighted by atomic mass is 9.97. The van der Waals surface area contributed by atoms with E-state index >= 15 is 0 Å². The first-order valence-electron chi connectivity index (χ1n) is 7.49. The number of nitrogens with zero attached hydrogens (tertiary/aromatic N) is 1. The van der Waals surface area contributed by atoms with Crippen LogP contribution in [0.2, 0.25) is 0 Å². The molecule has 2 fully saturated rings. The van der Waals surface area contributed by atoms with Crippen LogP contribution in [0.3, 0.4) is 0 Å². The summed E-state index contributed by atoms with van der Waals surface area (Å²) in [5, 5.41) is 12.2. The summed E-state index contributed by atoms with van der Waals surface area (Å²) in [7, 11) is 0. The molecule has 2 saturated carbocycles. The van der Waals surface area contributed by atoms with Crippen LogP contribution in [0.1, 0.15) is 57.8 Å². The highest BCUT2D eigenvalue weighted by molar-refractivity contribution is 5.75. The summed E-state index contributed by atoms with van der Waals surface area (Å²) in [4.78, 5) is 14.0. The molecule has 0 aliphatic heterocycles. The molecule has 0 unspecified atom stereocenters. The van der Waals surface area contributed by atoms with E-state index in [0.717, 1.165) is 25.7 Å². The van der Waals surface area contributed by atoms with Gasteiger partial charge in [-0.2, -0.15) is 0 Å². The number of aliphatic hydroxyl groups excluding tert-OH is 1. The molecular weight excluding hydrogens is 228 g/mol. The van der Waals surface area contributed by atoms with Gasteiger partial charge in [0, 0.05) is 18.6 Å². The van der Waals surface area contributed by atoms with E-state index < -0.39 is 0 Å². The number of carbonyl (C=O) groups is 1. The lowest BCUT2D eigenvalue weighted by Crippen LogP contribution is -2.47. The van der Waals surface area contributed by atoms with E-state index in [1.165, 1.54) is 32.1 Å². The summed E-state index contributed by atoms with van der Waals surface area (Å²) in [6.07, 6.45) is 10.8. The third-order valence-electron chi connectivity index (χ3n) is 4.02. The van der Waals surface area contributed by atoms with Crippen molar-refractivity contribution in [2.24, 2.45) is 0 Å². The summed E-state index contributed by atoms with van der Waals surface area (Å²) >= 11 is 0. The number of hydrogen-bond acceptors (Lipinski definition) is 2. The average Bonchev–Trinajstić information content (AvgIpc) is 3.13. The Bertz CT molecular complexity index is 259. The van der Waals surface area contributed by atoms with Crippen LogP contribution in [-0.4, -0.2) is 41.3 Å². The largest absolute Gasteiger partial charge is 0.395 e. The Morgan fingerprint density at radius 1 is 1.06 bits per heavy atom. The minimum atomic E-state index is 0.0390. The van der Waals surface area contributed by atoms with Crippen molar-refractivity contribution in [2.75, 3.05) is 13.2 Å². The van der Waals surface area contributed by atoms with Crippen molar-refractivity contribution < 1.29 is 9.90 Å². The lowest BCUT2D eigenvalue weighted by Gasteiger charge is -2.27. The molecule has 0 saturated heterocycles. The van der Waals surface area contributed by atoms with Crippen molar-refractivity contribution in [3.05, 3.63) is 0 Å². The molecule has 2 aliphatic carbocycles. The van der Waals surface area contributed by atoms with E-state index in [4.69, 9.17) is 5.11 Å². The smallest absolute Gasteiger partial charge is 0.317 e. The van der Waals surface area contributed by atoms with Crippen LogP contribution < -0.4 is 5.32 Å². The molecular formula is C14H26N2O2. The number of aliphatic hydroxyl groups is 1. The van der Waals surface area contributed by atoms with Gasteiger partial charge in [0.05, 0.1) is 6.61 Å². The van der Waals surface area contributed by atoms with E-state index in [0.29, 0.717) is 18.6 Å². The van der Waals surface area contributed by atoms with E-state index in [-0.39, 0.29) is 12.6 Å². The Morgan fingerprint density at radius 3 is 2.22 bits per heavy atom. The second kappa shape index (κ2) is 6.98. The number of hydrogen-bond donors (Lipinski definition) is 2. The quantitative estimate of drug-likeness (QED) is 0.808. The predicted molar refractivity (Wildman–Crippen MR) is 71.5 cm³/mol. The minimum Gasteiger partial charge on any atom is -0.395 e. The maximum atomic E-state index is 12.2. The van der Waals surface area contributed by atoms with Crippen molar-refractivity contribution in [3.63, 3.8) is 0 Å². The molecule has 0 aromatic heterocycles. The molecule has 0 spiro atoms. The van der Waals surface area contributed by atoms with Gasteiger partial charge in [0.1, 0.15) is 0 Å². The number of nitrogens with one attached hydrogen (secondary N) is 1. The summed E-state index contributed by atoms with van der Waals surface area (Å²) in [6, 6.07) is 0.764. The molecule has 4 heteroatoms. The van der Waals surface area contributed by atoms with E-state index in [9.17, 15) is 4.79 Å². The van der Waals surface area contributed by atoms with Crippen molar-refractivity contribution in [1.29, 1.82) is 0 Å². The molecule has 2 rings (SSSR count). The third kappa shape index (κ3) is 4.16. The van der Waals surface area contributed by atoms with Gasteiger partial charge in [-0.15, -0.1) is 0 Å². The number of amides is 2. The van der Waals surface area contributed by atoms with Gasteiger partial charge in [-0.05, 0) is 25.7 Å². The predicted octanol–water partition coefficient (Wildman–Crippen LogP) is 2.27. The Labute approximate surface area is 110 Å². The Balaban J connectivity index is 1.79. The molecule has 0 bridgehead atoms. The zero-order chi connectivity index (χ0) is 12.8. The second-order valence-corrected chi connectivity index (χ2v) is 5.64. The maximum absolute atomic E-state index is 12.2. The normalized spacial score (nSPS) is 22.1. The molecule has 2 N–H and O–H groups in total. The van der Waals surface area contributed by atoms with Crippen LogP contribution in [0, 0.1) is 0 Å². The van der Waals surface area contributed by atoms with Gasteiger partial charge >= 0.3 is 6.03 Å². The average molecular weight is 254 g/mol. The fraction of sp³-hybridized carbons (Fsp3) is 0.929. The molecule has 2 aliphatic rings. The molecule has 18 heavy (non-hydrogen) atoms. The van der Waals surface area contributed by atoms with Gasteiger partial charge in [-0.1, -0.05) is 32.1 Å². The monoisotopic (exact) mass is 254 g/mol. The zero-order valence-electron chi connectivity index (χ0n) is 11.2. The molecule has 0 atom stereocenters. The van der Waals surface area contributed by atoms with E-state index in [1.54, 1.807) is 0 Å². The van der Waals surface area contributed by atoms with Gasteiger partial charge in [-0.25, -0.2) is 4.79 Å². The molecule has 0 heterocycles. The number of rotatable bonds is 4. The highest BCUT2D eigenvalue weighted by Crippen LogP contribution is 2.27. The van der Waals surface area contributed by atoms with Gasteiger partial charge in [0.15, 0.2) is 0 Å². The van der Waals surface area contributed by atoms with Crippen LogP contribution in [0.5, 0.6) is 0 Å². The SMILES string of the molecule is O=C(NC1CCCCCCC1)N(CCO)C1CC1. The van der Waals surface area contributed by atoms with Gasteiger partial charge < -0.3 is 15.3 Å². The molecule has 0 aromatic rings. The van der Waals surface area contributed by atoms with Crippen LogP contribution in [-0.2, 0) is 0 Å². The summed E-state index contributed by atoms with van der Waals surface area (Å²) in [6.45, 7) is 0.539. The van der Waals surface area contributed by atoms with Gasteiger partial charge in [0.2, 0.25) is 0 Å². The Hall–Kier alpha value is -0.770. The molecule has 0 radical (unpaired) electrons. The van der Waals surface area contributed by atoms with Gasteiger partial charge in [-0.3, -0.25) is 0 Å². The highest BCUT2D eigenvalue weighted by atomic mass is 16.3. The van der Waals surface area contributed by atoms with Crippen molar-refractivity contribution >= 4 is 6.03 Å². The summed E-state index contributed by atoms with van der Waals surface area (Å²) in [5.41, 5.74) is 0. The van der Waals surface area contributed by atoms with Crippen molar-refractivity contribution in [1.82, 2.24) is 10.2 Å². The minimum absolute atomic E-state index is 0.0390.